The number of aromatic nitrogens is 5. The largest absolute Gasteiger partial charge is 0.357 e. The van der Waals surface area contributed by atoms with E-state index in [0.29, 0.717) is 17.4 Å². The van der Waals surface area contributed by atoms with E-state index in [1.807, 2.05) is 31.4 Å². The van der Waals surface area contributed by atoms with Crippen molar-refractivity contribution in [1.82, 2.24) is 29.6 Å². The first kappa shape index (κ1) is 22.0. The number of likely N-dealkylation sites (tertiary alicyclic amines) is 1. The minimum atomic E-state index is -0.214. The number of pyridine rings is 3. The number of piperidine rings is 1. The smallest absolute Gasteiger partial charge is 0.257 e. The van der Waals surface area contributed by atoms with Crippen molar-refractivity contribution in [2.24, 2.45) is 7.05 Å². The van der Waals surface area contributed by atoms with E-state index in [1.165, 1.54) is 0 Å². The number of fused-ring (bicyclic) bond motifs is 1. The zero-order chi connectivity index (χ0) is 23.7. The third-order valence-corrected chi connectivity index (χ3v) is 6.45. The number of hydrogen-bond acceptors (Lipinski definition) is 7. The number of aryl methyl sites for hydroxylation is 1. The van der Waals surface area contributed by atoms with Gasteiger partial charge in [0.1, 0.15) is 11.6 Å². The number of carbonyl (C=O) groups is 1. The number of nitrogens with one attached hydrogen (secondary N) is 1. The first-order valence-corrected chi connectivity index (χ1v) is 11.4. The third kappa shape index (κ3) is 4.60. The summed E-state index contributed by atoms with van der Waals surface area (Å²) >= 11 is 0. The van der Waals surface area contributed by atoms with Crippen LogP contribution in [-0.4, -0.2) is 68.8 Å². The third-order valence-electron chi connectivity index (χ3n) is 6.45. The van der Waals surface area contributed by atoms with Gasteiger partial charge in [-0.15, -0.1) is 0 Å². The lowest BCUT2D eigenvalue weighted by Gasteiger charge is -2.35. The molecule has 1 fully saturated rings. The second-order valence-electron chi connectivity index (χ2n) is 8.89. The van der Waals surface area contributed by atoms with Crippen LogP contribution in [0, 0.1) is 0 Å². The zero-order valence-corrected chi connectivity index (χ0v) is 19.6. The Bertz CT molecular complexity index is 1330. The molecule has 4 aromatic rings. The molecule has 0 atom stereocenters. The van der Waals surface area contributed by atoms with Crippen LogP contribution < -0.4 is 10.2 Å². The highest BCUT2D eigenvalue weighted by molar-refractivity contribution is 6.05. The molecule has 9 nitrogen and oxygen atoms in total. The van der Waals surface area contributed by atoms with Crippen molar-refractivity contribution < 1.29 is 4.79 Å². The molecule has 9 heteroatoms. The second kappa shape index (κ2) is 9.18. The van der Waals surface area contributed by atoms with Crippen LogP contribution in [0.4, 0.5) is 11.6 Å². The molecule has 0 radical (unpaired) electrons. The summed E-state index contributed by atoms with van der Waals surface area (Å²) < 4.78 is 1.74. The van der Waals surface area contributed by atoms with Gasteiger partial charge in [-0.25, -0.2) is 9.97 Å². The van der Waals surface area contributed by atoms with Crippen LogP contribution in [0.3, 0.4) is 0 Å². The van der Waals surface area contributed by atoms with E-state index in [0.717, 1.165) is 53.8 Å². The maximum atomic E-state index is 13.0. The molecule has 34 heavy (non-hydrogen) atoms. The van der Waals surface area contributed by atoms with E-state index < -0.39 is 0 Å². The molecule has 1 saturated heterocycles. The van der Waals surface area contributed by atoms with Gasteiger partial charge >= 0.3 is 0 Å². The molecule has 1 N–H and O–H groups in total. The number of anilines is 2. The van der Waals surface area contributed by atoms with Gasteiger partial charge in [0, 0.05) is 61.4 Å². The molecule has 1 aliphatic heterocycles. The maximum Gasteiger partial charge on any atom is 0.257 e. The summed E-state index contributed by atoms with van der Waals surface area (Å²) in [5.41, 5.74) is 2.31. The topological polar surface area (TPSA) is 92.1 Å². The van der Waals surface area contributed by atoms with Gasteiger partial charge in [-0.3, -0.25) is 14.5 Å². The quantitative estimate of drug-likeness (QED) is 0.493. The van der Waals surface area contributed by atoms with Gasteiger partial charge < -0.3 is 15.1 Å². The fourth-order valence-electron chi connectivity index (χ4n) is 4.33. The van der Waals surface area contributed by atoms with Crippen molar-refractivity contribution in [2.75, 3.05) is 37.4 Å². The number of hydrogen-bond donors (Lipinski definition) is 1. The summed E-state index contributed by atoms with van der Waals surface area (Å²) in [4.78, 5) is 30.9. The molecule has 5 rings (SSSR count). The SMILES string of the molecule is CN1CCC(N(C)c2cc(C(=O)Nc3cc4cc(-c5cnn(C)c5)ncc4cn3)ccn2)CC1. The van der Waals surface area contributed by atoms with Crippen LogP contribution in [-0.2, 0) is 7.05 Å². The van der Waals surface area contributed by atoms with E-state index in [9.17, 15) is 4.79 Å². The monoisotopic (exact) mass is 456 g/mol. The molecule has 0 unspecified atom stereocenters. The molecule has 1 aliphatic rings. The first-order valence-electron chi connectivity index (χ1n) is 11.4. The summed E-state index contributed by atoms with van der Waals surface area (Å²) in [6.45, 7) is 2.14. The van der Waals surface area contributed by atoms with Crippen molar-refractivity contribution in [1.29, 1.82) is 0 Å². The molecule has 0 spiro atoms. The molecule has 4 aromatic heterocycles. The summed E-state index contributed by atoms with van der Waals surface area (Å²) in [5.74, 6) is 1.08. The first-order chi connectivity index (χ1) is 16.5. The summed E-state index contributed by atoms with van der Waals surface area (Å²) in [5, 5.41) is 8.98. The molecular weight excluding hydrogens is 428 g/mol. The van der Waals surface area contributed by atoms with E-state index >= 15 is 0 Å². The Hall–Kier alpha value is -3.85. The highest BCUT2D eigenvalue weighted by Crippen LogP contribution is 2.24. The molecule has 5 heterocycles. The normalized spacial score (nSPS) is 14.9. The molecule has 0 aromatic carbocycles. The highest BCUT2D eigenvalue weighted by atomic mass is 16.1. The Morgan fingerprint density at radius 2 is 1.82 bits per heavy atom. The number of carbonyl (C=O) groups excluding carboxylic acids is 1. The fraction of sp³-hybridized carbons (Fsp3) is 0.320. The number of amides is 1. The maximum absolute atomic E-state index is 13.0. The minimum absolute atomic E-state index is 0.214. The van der Waals surface area contributed by atoms with Gasteiger partial charge in [0.15, 0.2) is 0 Å². The summed E-state index contributed by atoms with van der Waals surface area (Å²) in [6.07, 6.45) is 11.1. The molecular formula is C25H28N8O. The Morgan fingerprint density at radius 3 is 2.59 bits per heavy atom. The Kier molecular flexibility index (Phi) is 5.93. The van der Waals surface area contributed by atoms with E-state index in [1.54, 1.807) is 35.5 Å². The molecule has 0 bridgehead atoms. The summed E-state index contributed by atoms with van der Waals surface area (Å²) in [7, 11) is 6.08. The Balaban J connectivity index is 1.33. The van der Waals surface area contributed by atoms with Gasteiger partial charge in [0.25, 0.3) is 5.91 Å². The highest BCUT2D eigenvalue weighted by Gasteiger charge is 2.22. The van der Waals surface area contributed by atoms with Gasteiger partial charge in [-0.2, -0.15) is 5.10 Å². The van der Waals surface area contributed by atoms with Crippen LogP contribution in [0.2, 0.25) is 0 Å². The standard InChI is InChI=1S/C25H28N8O/c1-31-8-5-21(6-9-31)33(3)24-12-17(4-7-26-24)25(34)30-23-11-18-10-22(20-15-29-32(2)16-20)27-13-19(18)14-28-23/h4,7,10-16,21H,5-6,8-9H2,1-3H3,(H,28,30,34). The van der Waals surface area contributed by atoms with Crippen molar-refractivity contribution in [3.05, 3.63) is 60.8 Å². The lowest BCUT2D eigenvalue weighted by Crippen LogP contribution is -2.42. The average Bonchev–Trinajstić information content (AvgIpc) is 3.30. The average molecular weight is 457 g/mol. The zero-order valence-electron chi connectivity index (χ0n) is 19.6. The van der Waals surface area contributed by atoms with Crippen LogP contribution in [0.1, 0.15) is 23.2 Å². The summed E-state index contributed by atoms with van der Waals surface area (Å²) in [6, 6.07) is 7.84. The molecule has 174 valence electrons. The van der Waals surface area contributed by atoms with Crippen molar-refractivity contribution >= 4 is 28.3 Å². The number of rotatable bonds is 5. The molecule has 1 amide bonds. The fourth-order valence-corrected chi connectivity index (χ4v) is 4.33. The van der Waals surface area contributed by atoms with Gasteiger partial charge in [-0.1, -0.05) is 0 Å². The van der Waals surface area contributed by atoms with Crippen LogP contribution >= 0.6 is 0 Å². The Labute approximate surface area is 198 Å². The van der Waals surface area contributed by atoms with Crippen molar-refractivity contribution in [3.63, 3.8) is 0 Å². The van der Waals surface area contributed by atoms with Crippen LogP contribution in [0.25, 0.3) is 22.0 Å². The van der Waals surface area contributed by atoms with Gasteiger partial charge in [0.05, 0.1) is 11.9 Å². The molecule has 0 saturated carbocycles. The lowest BCUT2D eigenvalue weighted by atomic mass is 10.0. The second-order valence-corrected chi connectivity index (χ2v) is 8.89. The Morgan fingerprint density at radius 1 is 1.03 bits per heavy atom. The van der Waals surface area contributed by atoms with E-state index in [2.05, 4.69) is 49.3 Å². The minimum Gasteiger partial charge on any atom is -0.357 e. The van der Waals surface area contributed by atoms with E-state index in [4.69, 9.17) is 0 Å². The van der Waals surface area contributed by atoms with Gasteiger partial charge in [0.2, 0.25) is 0 Å². The van der Waals surface area contributed by atoms with Gasteiger partial charge in [-0.05, 0) is 62.6 Å². The van der Waals surface area contributed by atoms with Crippen LogP contribution in [0.5, 0.6) is 0 Å². The predicted octanol–water partition coefficient (Wildman–Crippen LogP) is 3.21. The predicted molar refractivity (Wildman–Crippen MR) is 133 cm³/mol. The van der Waals surface area contributed by atoms with E-state index in [-0.39, 0.29) is 5.91 Å². The van der Waals surface area contributed by atoms with Crippen LogP contribution in [0.15, 0.2) is 55.2 Å². The number of nitrogens with zero attached hydrogens (tertiary/aromatic N) is 7. The molecule has 0 aliphatic carbocycles. The van der Waals surface area contributed by atoms with Crippen molar-refractivity contribution in [2.45, 2.75) is 18.9 Å². The van der Waals surface area contributed by atoms with Crippen molar-refractivity contribution in [3.8, 4) is 11.3 Å². The lowest BCUT2D eigenvalue weighted by molar-refractivity contribution is 0.102.